The van der Waals surface area contributed by atoms with Gasteiger partial charge in [0.05, 0.1) is 17.8 Å². The van der Waals surface area contributed by atoms with Gasteiger partial charge in [-0.2, -0.15) is 0 Å². The number of carbonyl (C=O) groups excluding carboxylic acids is 1. The molecule has 5 nitrogen and oxygen atoms in total. The van der Waals surface area contributed by atoms with E-state index < -0.39 is 5.97 Å². The Morgan fingerprint density at radius 3 is 2.78 bits per heavy atom. The van der Waals surface area contributed by atoms with Crippen molar-refractivity contribution >= 4 is 17.6 Å². The summed E-state index contributed by atoms with van der Waals surface area (Å²) in [6.45, 7) is 0. The van der Waals surface area contributed by atoms with Gasteiger partial charge in [0.15, 0.2) is 0 Å². The van der Waals surface area contributed by atoms with Crippen molar-refractivity contribution in [2.45, 2.75) is 25.7 Å². The lowest BCUT2D eigenvalue weighted by atomic mass is 9.81. The fourth-order valence-corrected chi connectivity index (χ4v) is 2.33. The molecular weight excluding hydrogens is 232 g/mol. The minimum atomic E-state index is -0.797. The molecule has 2 N–H and O–H groups in total. The number of nitrogens with zero attached hydrogens (tertiary/aromatic N) is 1. The predicted octanol–water partition coefficient (Wildman–Crippen LogP) is 1.91. The number of nitrogens with one attached hydrogen (secondary N) is 1. The third-order valence-electron chi connectivity index (χ3n) is 3.32. The van der Waals surface area contributed by atoms with E-state index in [4.69, 9.17) is 5.11 Å². The fraction of sp³-hybridized carbons (Fsp3) is 0.462. The van der Waals surface area contributed by atoms with E-state index in [0.717, 1.165) is 12.8 Å². The summed E-state index contributed by atoms with van der Waals surface area (Å²) in [7, 11) is 0. The van der Waals surface area contributed by atoms with Crippen LogP contribution in [0, 0.1) is 11.8 Å². The van der Waals surface area contributed by atoms with E-state index in [1.807, 2.05) is 0 Å². The molecule has 0 bridgehead atoms. The van der Waals surface area contributed by atoms with Crippen molar-refractivity contribution in [3.05, 3.63) is 24.5 Å². The molecule has 2 atom stereocenters. The molecule has 2 rings (SSSR count). The molecule has 1 aromatic heterocycles. The largest absolute Gasteiger partial charge is 0.481 e. The number of carboxylic acids is 1. The van der Waals surface area contributed by atoms with Crippen molar-refractivity contribution in [1.29, 1.82) is 0 Å². The number of aliphatic carboxylic acids is 1. The van der Waals surface area contributed by atoms with Gasteiger partial charge in [-0.25, -0.2) is 0 Å². The van der Waals surface area contributed by atoms with E-state index in [2.05, 4.69) is 10.3 Å². The highest BCUT2D eigenvalue weighted by Crippen LogP contribution is 2.30. The lowest BCUT2D eigenvalue weighted by Gasteiger charge is -2.25. The number of anilines is 1. The molecule has 1 heterocycles. The Balaban J connectivity index is 1.95. The molecule has 96 valence electrons. The summed E-state index contributed by atoms with van der Waals surface area (Å²) in [6, 6.07) is 3.51. The van der Waals surface area contributed by atoms with Gasteiger partial charge in [-0.1, -0.05) is 6.42 Å². The van der Waals surface area contributed by atoms with Crippen LogP contribution in [0.5, 0.6) is 0 Å². The molecule has 1 aliphatic carbocycles. The normalized spacial score (nSPS) is 23.3. The van der Waals surface area contributed by atoms with Crippen LogP contribution in [-0.2, 0) is 9.59 Å². The van der Waals surface area contributed by atoms with Crippen LogP contribution in [-0.4, -0.2) is 22.0 Å². The standard InChI is InChI=1S/C13H16N2O3/c16-12(15-11-5-2-6-14-8-11)9-3-1-4-10(7-9)13(17)18/h2,5-6,8-10H,1,3-4,7H2,(H,15,16)(H,17,18)/t9-,10-/m1/s1. The second kappa shape index (κ2) is 5.62. The second-order valence-corrected chi connectivity index (χ2v) is 4.63. The molecule has 1 aromatic rings. The molecule has 1 saturated carbocycles. The zero-order valence-electron chi connectivity index (χ0n) is 10.0. The molecule has 5 heteroatoms. The van der Waals surface area contributed by atoms with Crippen molar-refractivity contribution in [3.63, 3.8) is 0 Å². The van der Waals surface area contributed by atoms with Crippen LogP contribution in [0.2, 0.25) is 0 Å². The first-order chi connectivity index (χ1) is 8.66. The number of hydrogen-bond donors (Lipinski definition) is 2. The van der Waals surface area contributed by atoms with Crippen LogP contribution >= 0.6 is 0 Å². The van der Waals surface area contributed by atoms with E-state index in [9.17, 15) is 9.59 Å². The molecule has 0 aliphatic heterocycles. The van der Waals surface area contributed by atoms with Gasteiger partial charge in [-0.15, -0.1) is 0 Å². The lowest BCUT2D eigenvalue weighted by molar-refractivity contribution is -0.143. The van der Waals surface area contributed by atoms with Crippen LogP contribution in [0.3, 0.4) is 0 Å². The van der Waals surface area contributed by atoms with E-state index >= 15 is 0 Å². The molecule has 0 aromatic carbocycles. The van der Waals surface area contributed by atoms with Gasteiger partial charge in [-0.05, 0) is 31.4 Å². The molecule has 0 radical (unpaired) electrons. The Morgan fingerprint density at radius 2 is 2.11 bits per heavy atom. The number of pyridine rings is 1. The SMILES string of the molecule is O=C(O)[C@@H]1CCC[C@@H](C(=O)Nc2cccnc2)C1. The maximum Gasteiger partial charge on any atom is 0.306 e. The summed E-state index contributed by atoms with van der Waals surface area (Å²) in [5.41, 5.74) is 0.653. The fourth-order valence-electron chi connectivity index (χ4n) is 2.33. The Kier molecular flexibility index (Phi) is 3.92. The molecule has 0 saturated heterocycles. The first-order valence-electron chi connectivity index (χ1n) is 6.10. The molecular formula is C13H16N2O3. The Morgan fingerprint density at radius 1 is 1.33 bits per heavy atom. The second-order valence-electron chi connectivity index (χ2n) is 4.63. The molecule has 0 unspecified atom stereocenters. The molecule has 1 fully saturated rings. The number of amides is 1. The van der Waals surface area contributed by atoms with Crippen molar-refractivity contribution in [2.75, 3.05) is 5.32 Å². The quantitative estimate of drug-likeness (QED) is 0.856. The van der Waals surface area contributed by atoms with E-state index in [0.29, 0.717) is 18.5 Å². The Hall–Kier alpha value is -1.91. The highest BCUT2D eigenvalue weighted by Gasteiger charge is 2.30. The topological polar surface area (TPSA) is 79.3 Å². The van der Waals surface area contributed by atoms with Gasteiger partial charge in [-0.3, -0.25) is 14.6 Å². The average molecular weight is 248 g/mol. The summed E-state index contributed by atoms with van der Waals surface area (Å²) in [6.07, 6.45) is 5.87. The minimum absolute atomic E-state index is 0.103. The van der Waals surface area contributed by atoms with Crippen LogP contribution in [0.1, 0.15) is 25.7 Å². The van der Waals surface area contributed by atoms with E-state index in [-0.39, 0.29) is 17.7 Å². The zero-order valence-corrected chi connectivity index (χ0v) is 10.0. The summed E-state index contributed by atoms with van der Waals surface area (Å²) in [5.74, 6) is -1.49. The summed E-state index contributed by atoms with van der Waals surface area (Å²) in [4.78, 5) is 26.9. The first kappa shape index (κ1) is 12.5. The summed E-state index contributed by atoms with van der Waals surface area (Å²) >= 11 is 0. The van der Waals surface area contributed by atoms with Crippen molar-refractivity contribution in [2.24, 2.45) is 11.8 Å². The zero-order chi connectivity index (χ0) is 13.0. The van der Waals surface area contributed by atoms with Gasteiger partial charge >= 0.3 is 5.97 Å². The molecule has 18 heavy (non-hydrogen) atoms. The number of hydrogen-bond acceptors (Lipinski definition) is 3. The van der Waals surface area contributed by atoms with Crippen LogP contribution in [0.4, 0.5) is 5.69 Å². The lowest BCUT2D eigenvalue weighted by Crippen LogP contribution is -2.30. The highest BCUT2D eigenvalue weighted by molar-refractivity contribution is 5.92. The Labute approximate surface area is 105 Å². The van der Waals surface area contributed by atoms with Crippen molar-refractivity contribution < 1.29 is 14.7 Å². The molecule has 0 spiro atoms. The van der Waals surface area contributed by atoms with Gasteiger partial charge in [0.25, 0.3) is 0 Å². The van der Waals surface area contributed by atoms with Crippen molar-refractivity contribution in [3.8, 4) is 0 Å². The monoisotopic (exact) mass is 248 g/mol. The van der Waals surface area contributed by atoms with Gasteiger partial charge in [0, 0.05) is 12.1 Å². The maximum atomic E-state index is 12.0. The summed E-state index contributed by atoms with van der Waals surface area (Å²) in [5, 5.41) is 11.8. The minimum Gasteiger partial charge on any atom is -0.481 e. The molecule has 1 aliphatic rings. The number of rotatable bonds is 3. The third-order valence-corrected chi connectivity index (χ3v) is 3.32. The smallest absolute Gasteiger partial charge is 0.306 e. The number of carbonyl (C=O) groups is 2. The van der Waals surface area contributed by atoms with E-state index in [1.54, 1.807) is 24.5 Å². The Bertz CT molecular complexity index is 433. The predicted molar refractivity (Wildman–Crippen MR) is 66.0 cm³/mol. The van der Waals surface area contributed by atoms with Crippen LogP contribution < -0.4 is 5.32 Å². The molecule has 1 amide bonds. The van der Waals surface area contributed by atoms with Gasteiger partial charge in [0.2, 0.25) is 5.91 Å². The van der Waals surface area contributed by atoms with Gasteiger partial charge < -0.3 is 10.4 Å². The van der Waals surface area contributed by atoms with E-state index in [1.165, 1.54) is 0 Å². The maximum absolute atomic E-state index is 12.0. The van der Waals surface area contributed by atoms with Crippen molar-refractivity contribution in [1.82, 2.24) is 4.98 Å². The highest BCUT2D eigenvalue weighted by atomic mass is 16.4. The third kappa shape index (κ3) is 3.06. The summed E-state index contributed by atoms with van der Waals surface area (Å²) < 4.78 is 0. The van der Waals surface area contributed by atoms with Crippen LogP contribution in [0.25, 0.3) is 0 Å². The first-order valence-corrected chi connectivity index (χ1v) is 6.10. The number of carboxylic acid groups (broad SMARTS) is 1. The number of aromatic nitrogens is 1. The average Bonchev–Trinajstić information content (AvgIpc) is 2.40. The van der Waals surface area contributed by atoms with Gasteiger partial charge in [0.1, 0.15) is 0 Å². The van der Waals surface area contributed by atoms with Crippen LogP contribution in [0.15, 0.2) is 24.5 Å².